The molecule has 72 valence electrons. The van der Waals surface area contributed by atoms with Crippen LogP contribution in [-0.4, -0.2) is 16.8 Å². The molecule has 1 aromatic carbocycles. The first-order valence-electron chi connectivity index (χ1n) is 4.26. The minimum atomic E-state index is -0.911. The number of aliphatic hydroxyl groups is 2. The van der Waals surface area contributed by atoms with Gasteiger partial charge in [0.2, 0.25) is 0 Å². The summed E-state index contributed by atoms with van der Waals surface area (Å²) < 4.78 is 13.0. The van der Waals surface area contributed by atoms with Gasteiger partial charge in [-0.3, -0.25) is 0 Å². The molecule has 1 unspecified atom stereocenters. The SMILES string of the molecule is CCc1cc(C(O)CO)ccc1F. The van der Waals surface area contributed by atoms with E-state index in [2.05, 4.69) is 0 Å². The molecule has 3 heteroatoms. The quantitative estimate of drug-likeness (QED) is 0.745. The Bertz CT molecular complexity index is 286. The number of hydrogen-bond acceptors (Lipinski definition) is 2. The second-order valence-electron chi connectivity index (χ2n) is 2.90. The van der Waals surface area contributed by atoms with Crippen LogP contribution in [0.3, 0.4) is 0 Å². The number of rotatable bonds is 3. The Morgan fingerprint density at radius 2 is 2.15 bits per heavy atom. The third-order valence-corrected chi connectivity index (χ3v) is 2.01. The van der Waals surface area contributed by atoms with Gasteiger partial charge in [0.05, 0.1) is 6.61 Å². The van der Waals surface area contributed by atoms with Gasteiger partial charge in [0.25, 0.3) is 0 Å². The van der Waals surface area contributed by atoms with E-state index in [1.165, 1.54) is 12.1 Å². The van der Waals surface area contributed by atoms with Crippen LogP contribution in [0.4, 0.5) is 4.39 Å². The van der Waals surface area contributed by atoms with Crippen LogP contribution in [0.1, 0.15) is 24.2 Å². The van der Waals surface area contributed by atoms with E-state index in [9.17, 15) is 9.50 Å². The number of benzene rings is 1. The molecule has 0 spiro atoms. The number of halogens is 1. The van der Waals surface area contributed by atoms with E-state index in [1.807, 2.05) is 6.92 Å². The lowest BCUT2D eigenvalue weighted by molar-refractivity contribution is 0.0955. The van der Waals surface area contributed by atoms with Crippen LogP contribution in [0.25, 0.3) is 0 Å². The Labute approximate surface area is 76.6 Å². The molecular weight excluding hydrogens is 171 g/mol. The summed E-state index contributed by atoms with van der Waals surface area (Å²) in [4.78, 5) is 0. The molecule has 0 radical (unpaired) electrons. The number of aliphatic hydroxyl groups excluding tert-OH is 2. The van der Waals surface area contributed by atoms with E-state index in [0.717, 1.165) is 0 Å². The summed E-state index contributed by atoms with van der Waals surface area (Å²) in [5.74, 6) is -0.267. The van der Waals surface area contributed by atoms with Crippen molar-refractivity contribution < 1.29 is 14.6 Å². The predicted molar refractivity (Wildman–Crippen MR) is 47.8 cm³/mol. The fraction of sp³-hybridized carbons (Fsp3) is 0.400. The zero-order valence-electron chi connectivity index (χ0n) is 7.50. The Hall–Kier alpha value is -0.930. The van der Waals surface area contributed by atoms with E-state index in [1.54, 1.807) is 6.07 Å². The molecule has 0 aliphatic heterocycles. The van der Waals surface area contributed by atoms with Crippen molar-refractivity contribution >= 4 is 0 Å². The standard InChI is InChI=1S/C10H13FO2/c1-2-7-5-8(10(13)6-12)3-4-9(7)11/h3-5,10,12-13H,2,6H2,1H3. The largest absolute Gasteiger partial charge is 0.393 e. The van der Waals surface area contributed by atoms with Gasteiger partial charge in [-0.1, -0.05) is 19.1 Å². The second kappa shape index (κ2) is 4.35. The first kappa shape index (κ1) is 10.2. The van der Waals surface area contributed by atoms with E-state index in [4.69, 9.17) is 5.11 Å². The van der Waals surface area contributed by atoms with Crippen LogP contribution in [0.2, 0.25) is 0 Å². The highest BCUT2D eigenvalue weighted by molar-refractivity contribution is 5.26. The topological polar surface area (TPSA) is 40.5 Å². The summed E-state index contributed by atoms with van der Waals surface area (Å²) in [6, 6.07) is 4.37. The van der Waals surface area contributed by atoms with E-state index < -0.39 is 6.10 Å². The van der Waals surface area contributed by atoms with Crippen molar-refractivity contribution in [3.05, 3.63) is 35.1 Å². The molecule has 0 amide bonds. The normalized spacial score (nSPS) is 12.9. The van der Waals surface area contributed by atoms with Crippen LogP contribution in [-0.2, 0) is 6.42 Å². The molecule has 0 aliphatic carbocycles. The lowest BCUT2D eigenvalue weighted by atomic mass is 10.0. The molecule has 13 heavy (non-hydrogen) atoms. The number of hydrogen-bond donors (Lipinski definition) is 2. The summed E-state index contributed by atoms with van der Waals surface area (Å²) >= 11 is 0. The van der Waals surface area contributed by atoms with Gasteiger partial charge in [-0.15, -0.1) is 0 Å². The van der Waals surface area contributed by atoms with Gasteiger partial charge in [-0.05, 0) is 23.6 Å². The van der Waals surface area contributed by atoms with Crippen LogP contribution >= 0.6 is 0 Å². The third-order valence-electron chi connectivity index (χ3n) is 2.01. The summed E-state index contributed by atoms with van der Waals surface area (Å²) in [6.45, 7) is 1.50. The minimum Gasteiger partial charge on any atom is -0.393 e. The van der Waals surface area contributed by atoms with Gasteiger partial charge in [0.1, 0.15) is 11.9 Å². The minimum absolute atomic E-state index is 0.267. The maximum Gasteiger partial charge on any atom is 0.126 e. The van der Waals surface area contributed by atoms with Gasteiger partial charge in [0, 0.05) is 0 Å². The summed E-state index contributed by atoms with van der Waals surface area (Å²) in [5, 5.41) is 17.9. The van der Waals surface area contributed by atoms with Gasteiger partial charge in [-0.25, -0.2) is 4.39 Å². The molecule has 1 atom stereocenters. The summed E-state index contributed by atoms with van der Waals surface area (Å²) in [7, 11) is 0. The molecular formula is C10H13FO2. The zero-order valence-corrected chi connectivity index (χ0v) is 7.50. The Kier molecular flexibility index (Phi) is 3.39. The van der Waals surface area contributed by atoms with Crippen molar-refractivity contribution in [2.75, 3.05) is 6.61 Å². The smallest absolute Gasteiger partial charge is 0.126 e. The first-order chi connectivity index (χ1) is 6.19. The Morgan fingerprint density at radius 1 is 1.46 bits per heavy atom. The molecule has 0 saturated carbocycles. The average molecular weight is 184 g/mol. The summed E-state index contributed by atoms with van der Waals surface area (Å²) in [5.41, 5.74) is 1.12. The average Bonchev–Trinajstić information content (AvgIpc) is 2.17. The molecule has 2 N–H and O–H groups in total. The highest BCUT2D eigenvalue weighted by Gasteiger charge is 2.08. The van der Waals surface area contributed by atoms with E-state index in [-0.39, 0.29) is 12.4 Å². The highest BCUT2D eigenvalue weighted by atomic mass is 19.1. The van der Waals surface area contributed by atoms with Crippen molar-refractivity contribution in [2.45, 2.75) is 19.4 Å². The van der Waals surface area contributed by atoms with Crippen molar-refractivity contribution in [1.82, 2.24) is 0 Å². The Morgan fingerprint density at radius 3 is 2.69 bits per heavy atom. The fourth-order valence-corrected chi connectivity index (χ4v) is 1.18. The molecule has 1 aromatic rings. The van der Waals surface area contributed by atoms with E-state index in [0.29, 0.717) is 17.5 Å². The van der Waals surface area contributed by atoms with Crippen LogP contribution in [0.15, 0.2) is 18.2 Å². The molecule has 0 fully saturated rings. The fourth-order valence-electron chi connectivity index (χ4n) is 1.18. The molecule has 0 saturated heterocycles. The molecule has 2 nitrogen and oxygen atoms in total. The molecule has 0 aliphatic rings. The molecule has 1 rings (SSSR count). The van der Waals surface area contributed by atoms with Crippen molar-refractivity contribution in [3.63, 3.8) is 0 Å². The third kappa shape index (κ3) is 2.26. The predicted octanol–water partition coefficient (Wildman–Crippen LogP) is 1.41. The maximum absolute atomic E-state index is 13.0. The first-order valence-corrected chi connectivity index (χ1v) is 4.26. The maximum atomic E-state index is 13.0. The highest BCUT2D eigenvalue weighted by Crippen LogP contribution is 2.17. The Balaban J connectivity index is 2.99. The molecule has 0 bridgehead atoms. The lowest BCUT2D eigenvalue weighted by Gasteiger charge is -2.09. The summed E-state index contributed by atoms with van der Waals surface area (Å²) in [6.07, 6.45) is -0.330. The van der Waals surface area contributed by atoms with Gasteiger partial charge in [-0.2, -0.15) is 0 Å². The molecule has 0 heterocycles. The zero-order chi connectivity index (χ0) is 9.84. The van der Waals surface area contributed by atoms with Gasteiger partial charge in [0.15, 0.2) is 0 Å². The lowest BCUT2D eigenvalue weighted by Crippen LogP contribution is -2.03. The van der Waals surface area contributed by atoms with Gasteiger partial charge < -0.3 is 10.2 Å². The monoisotopic (exact) mass is 184 g/mol. The number of aryl methyl sites for hydroxylation is 1. The van der Waals surface area contributed by atoms with Crippen molar-refractivity contribution in [2.24, 2.45) is 0 Å². The van der Waals surface area contributed by atoms with Crippen LogP contribution in [0.5, 0.6) is 0 Å². The van der Waals surface area contributed by atoms with Gasteiger partial charge >= 0.3 is 0 Å². The van der Waals surface area contributed by atoms with Crippen molar-refractivity contribution in [3.8, 4) is 0 Å². The van der Waals surface area contributed by atoms with E-state index >= 15 is 0 Å². The van der Waals surface area contributed by atoms with Crippen LogP contribution in [0, 0.1) is 5.82 Å². The second-order valence-corrected chi connectivity index (χ2v) is 2.90. The van der Waals surface area contributed by atoms with Crippen LogP contribution < -0.4 is 0 Å². The van der Waals surface area contributed by atoms with Crippen molar-refractivity contribution in [1.29, 1.82) is 0 Å². The molecule has 0 aromatic heterocycles.